The lowest BCUT2D eigenvalue weighted by atomic mass is 10.2. The van der Waals surface area contributed by atoms with Crippen LogP contribution in [0.5, 0.6) is 0 Å². The first-order valence-corrected chi connectivity index (χ1v) is 7.86. The molecule has 2 aromatic rings. The standard InChI is InChI=1S/C14H14F3N3S2/c1-18-13(21)19-6-7-22-11-8-12(14(15,16)17)20-10-5-3-2-4-9(10)11/h2-5,8H,6-7H2,1H3,(H2,18,19,21). The molecular formula is C14H14F3N3S2. The number of thiocarbonyl (C=S) groups is 1. The van der Waals surface area contributed by atoms with Crippen molar-refractivity contribution in [3.8, 4) is 0 Å². The Hall–Kier alpha value is -1.54. The predicted molar refractivity (Wildman–Crippen MR) is 87.1 cm³/mol. The van der Waals surface area contributed by atoms with Crippen molar-refractivity contribution in [2.45, 2.75) is 11.1 Å². The van der Waals surface area contributed by atoms with Crippen LogP contribution in [0.15, 0.2) is 35.2 Å². The van der Waals surface area contributed by atoms with E-state index in [0.717, 1.165) is 11.5 Å². The number of nitrogens with zero attached hydrogens (tertiary/aromatic N) is 1. The van der Waals surface area contributed by atoms with Gasteiger partial charge in [-0.2, -0.15) is 13.2 Å². The maximum atomic E-state index is 12.9. The monoisotopic (exact) mass is 345 g/mol. The van der Waals surface area contributed by atoms with E-state index < -0.39 is 11.9 Å². The number of nitrogens with one attached hydrogen (secondary N) is 2. The quantitative estimate of drug-likeness (QED) is 0.504. The number of thioether (sulfide) groups is 1. The molecule has 22 heavy (non-hydrogen) atoms. The zero-order valence-corrected chi connectivity index (χ0v) is 13.3. The van der Waals surface area contributed by atoms with E-state index in [4.69, 9.17) is 12.2 Å². The summed E-state index contributed by atoms with van der Waals surface area (Å²) in [7, 11) is 1.70. The van der Waals surface area contributed by atoms with Crippen molar-refractivity contribution in [1.29, 1.82) is 0 Å². The maximum absolute atomic E-state index is 12.9. The molecule has 0 spiro atoms. The number of halogens is 3. The van der Waals surface area contributed by atoms with Gasteiger partial charge in [-0.1, -0.05) is 18.2 Å². The predicted octanol–water partition coefficient (Wildman–Crippen LogP) is 3.44. The molecule has 3 nitrogen and oxygen atoms in total. The normalized spacial score (nSPS) is 11.5. The van der Waals surface area contributed by atoms with Gasteiger partial charge in [0.25, 0.3) is 0 Å². The van der Waals surface area contributed by atoms with E-state index in [-0.39, 0.29) is 0 Å². The van der Waals surface area contributed by atoms with Crippen molar-refractivity contribution >= 4 is 40.0 Å². The number of hydrogen-bond donors (Lipinski definition) is 2. The number of hydrogen-bond acceptors (Lipinski definition) is 3. The van der Waals surface area contributed by atoms with Crippen LogP contribution in [0.1, 0.15) is 5.69 Å². The van der Waals surface area contributed by atoms with Crippen molar-refractivity contribution < 1.29 is 13.2 Å². The van der Waals surface area contributed by atoms with Crippen LogP contribution in [0.2, 0.25) is 0 Å². The van der Waals surface area contributed by atoms with Crippen LogP contribution in [-0.2, 0) is 6.18 Å². The number of pyridine rings is 1. The highest BCUT2D eigenvalue weighted by atomic mass is 32.2. The first-order chi connectivity index (χ1) is 10.4. The number of rotatable bonds is 4. The molecule has 0 saturated carbocycles. The zero-order chi connectivity index (χ0) is 16.2. The Kier molecular flexibility index (Phi) is 5.47. The average Bonchev–Trinajstić information content (AvgIpc) is 2.49. The van der Waals surface area contributed by atoms with E-state index in [9.17, 15) is 13.2 Å². The average molecular weight is 345 g/mol. The Morgan fingerprint density at radius 2 is 2.05 bits per heavy atom. The number of benzene rings is 1. The third kappa shape index (κ3) is 4.23. The summed E-state index contributed by atoms with van der Waals surface area (Å²) in [6.45, 7) is 0.558. The Balaban J connectivity index is 2.21. The molecule has 0 bridgehead atoms. The smallest absolute Gasteiger partial charge is 0.366 e. The molecule has 0 aliphatic heterocycles. The highest BCUT2D eigenvalue weighted by Gasteiger charge is 2.33. The summed E-state index contributed by atoms with van der Waals surface area (Å²) in [5.74, 6) is 0.590. The van der Waals surface area contributed by atoms with Crippen LogP contribution in [0.25, 0.3) is 10.9 Å². The molecule has 2 N–H and O–H groups in total. The minimum atomic E-state index is -4.45. The molecule has 0 fully saturated rings. The SMILES string of the molecule is CNC(=S)NCCSc1cc(C(F)(F)F)nc2ccccc12. The molecule has 0 unspecified atom stereocenters. The largest absolute Gasteiger partial charge is 0.433 e. The van der Waals surface area contributed by atoms with E-state index in [0.29, 0.717) is 27.8 Å². The van der Waals surface area contributed by atoms with Crippen LogP contribution >= 0.6 is 24.0 Å². The van der Waals surface area contributed by atoms with Crippen molar-refractivity contribution in [3.05, 3.63) is 36.0 Å². The van der Waals surface area contributed by atoms with Crippen LogP contribution in [0.4, 0.5) is 13.2 Å². The van der Waals surface area contributed by atoms with E-state index in [2.05, 4.69) is 15.6 Å². The van der Waals surface area contributed by atoms with Gasteiger partial charge >= 0.3 is 6.18 Å². The lowest BCUT2D eigenvalue weighted by Crippen LogP contribution is -2.33. The van der Waals surface area contributed by atoms with Crippen molar-refractivity contribution in [2.75, 3.05) is 19.3 Å². The second kappa shape index (κ2) is 7.15. The number of para-hydroxylation sites is 1. The summed E-state index contributed by atoms with van der Waals surface area (Å²) in [4.78, 5) is 4.26. The lowest BCUT2D eigenvalue weighted by Gasteiger charge is -2.12. The first kappa shape index (κ1) is 16.8. The molecule has 1 heterocycles. The molecule has 0 saturated heterocycles. The van der Waals surface area contributed by atoms with Gasteiger partial charge in [0, 0.05) is 29.6 Å². The summed E-state index contributed by atoms with van der Waals surface area (Å²) in [6, 6.07) is 7.93. The molecule has 2 rings (SSSR count). The van der Waals surface area contributed by atoms with E-state index >= 15 is 0 Å². The second-order valence-electron chi connectivity index (χ2n) is 4.37. The fraction of sp³-hybridized carbons (Fsp3) is 0.286. The molecule has 8 heteroatoms. The molecular weight excluding hydrogens is 331 g/mol. The van der Waals surface area contributed by atoms with Crippen LogP contribution in [0.3, 0.4) is 0 Å². The van der Waals surface area contributed by atoms with Gasteiger partial charge in [0.15, 0.2) is 5.11 Å². The fourth-order valence-corrected chi connectivity index (χ4v) is 2.87. The third-order valence-electron chi connectivity index (χ3n) is 2.84. The molecule has 0 aliphatic rings. The van der Waals surface area contributed by atoms with Gasteiger partial charge in [-0.3, -0.25) is 0 Å². The zero-order valence-electron chi connectivity index (χ0n) is 11.7. The van der Waals surface area contributed by atoms with E-state index in [1.54, 1.807) is 31.3 Å². The van der Waals surface area contributed by atoms with Gasteiger partial charge in [0.1, 0.15) is 5.69 Å². The topological polar surface area (TPSA) is 37.0 Å². The summed E-state index contributed by atoms with van der Waals surface area (Å²) in [5, 5.41) is 6.96. The summed E-state index contributed by atoms with van der Waals surface area (Å²) >= 11 is 6.28. The molecule has 0 radical (unpaired) electrons. The summed E-state index contributed by atoms with van der Waals surface area (Å²) < 4.78 is 38.8. The molecule has 1 aromatic heterocycles. The Bertz CT molecular complexity index is 674. The van der Waals surface area contributed by atoms with Gasteiger partial charge in [0.2, 0.25) is 0 Å². The Labute approximate surface area is 135 Å². The van der Waals surface area contributed by atoms with Gasteiger partial charge < -0.3 is 10.6 Å². The Morgan fingerprint density at radius 3 is 2.73 bits per heavy atom. The van der Waals surface area contributed by atoms with Gasteiger partial charge in [0.05, 0.1) is 5.52 Å². The van der Waals surface area contributed by atoms with E-state index in [1.165, 1.54) is 11.8 Å². The van der Waals surface area contributed by atoms with E-state index in [1.807, 2.05) is 0 Å². The fourth-order valence-electron chi connectivity index (χ4n) is 1.82. The second-order valence-corrected chi connectivity index (χ2v) is 5.92. The van der Waals surface area contributed by atoms with Gasteiger partial charge in [-0.15, -0.1) is 11.8 Å². The van der Waals surface area contributed by atoms with Crippen molar-refractivity contribution in [3.63, 3.8) is 0 Å². The lowest BCUT2D eigenvalue weighted by molar-refractivity contribution is -0.141. The maximum Gasteiger partial charge on any atom is 0.433 e. The first-order valence-electron chi connectivity index (χ1n) is 6.47. The van der Waals surface area contributed by atoms with Crippen molar-refractivity contribution in [2.24, 2.45) is 0 Å². The third-order valence-corrected chi connectivity index (χ3v) is 4.25. The Morgan fingerprint density at radius 1 is 1.32 bits per heavy atom. The van der Waals surface area contributed by atoms with Gasteiger partial charge in [-0.05, 0) is 24.4 Å². The highest BCUT2D eigenvalue weighted by molar-refractivity contribution is 7.99. The number of alkyl halides is 3. The highest BCUT2D eigenvalue weighted by Crippen LogP contribution is 2.34. The van der Waals surface area contributed by atoms with Crippen LogP contribution < -0.4 is 10.6 Å². The summed E-state index contributed by atoms with van der Waals surface area (Å²) in [6.07, 6.45) is -4.45. The minimum absolute atomic E-state index is 0.346. The van der Waals surface area contributed by atoms with Crippen molar-refractivity contribution in [1.82, 2.24) is 15.6 Å². The van der Waals surface area contributed by atoms with Gasteiger partial charge in [-0.25, -0.2) is 4.98 Å². The summed E-state index contributed by atoms with van der Waals surface area (Å²) in [5.41, 5.74) is -0.522. The number of aromatic nitrogens is 1. The molecule has 1 aromatic carbocycles. The molecule has 0 atom stereocenters. The molecule has 118 valence electrons. The molecule has 0 amide bonds. The molecule has 0 aliphatic carbocycles. The van der Waals surface area contributed by atoms with Crippen LogP contribution in [-0.4, -0.2) is 29.4 Å². The minimum Gasteiger partial charge on any atom is -0.366 e. The van der Waals surface area contributed by atoms with Crippen LogP contribution in [0, 0.1) is 0 Å². The number of fused-ring (bicyclic) bond motifs is 1.